The van der Waals surface area contributed by atoms with E-state index in [1.807, 2.05) is 48.5 Å². The molecule has 0 radical (unpaired) electrons. The Morgan fingerprint density at radius 3 is 1.40 bits per heavy atom. The number of nitrogen functional groups attached to an aromatic ring is 2. The summed E-state index contributed by atoms with van der Waals surface area (Å²) in [5, 5.41) is 0. The summed E-state index contributed by atoms with van der Waals surface area (Å²) in [5.74, 6) is 6.18. The molecule has 0 aliphatic heterocycles. The molecule has 0 atom stereocenters. The predicted molar refractivity (Wildman–Crippen MR) is 211 cm³/mol. The monoisotopic (exact) mass is 672 g/mol. The van der Waals surface area contributed by atoms with Gasteiger partial charge in [0.15, 0.2) is 0 Å². The number of aryl methyl sites for hydroxylation is 4. The predicted octanol–water partition coefficient (Wildman–Crippen LogP) is 12.9. The molecule has 0 spiro atoms. The van der Waals surface area contributed by atoms with Gasteiger partial charge in [0.1, 0.15) is 23.0 Å². The molecule has 2 saturated carbocycles. The smallest absolute Gasteiger partial charge is 0.133 e. The van der Waals surface area contributed by atoms with Crippen molar-refractivity contribution >= 4 is 11.4 Å². The molecule has 4 nitrogen and oxygen atoms in total. The first kappa shape index (κ1) is 35.9. The number of nitrogens with two attached hydrogens (primary N) is 2. The van der Waals surface area contributed by atoms with Crippen LogP contribution < -0.4 is 20.9 Å². The summed E-state index contributed by atoms with van der Waals surface area (Å²) in [5.41, 5.74) is 20.8. The maximum Gasteiger partial charge on any atom is 0.133 e. The fourth-order valence-corrected chi connectivity index (χ4v) is 9.24. The van der Waals surface area contributed by atoms with Crippen molar-refractivity contribution in [1.82, 2.24) is 0 Å². The van der Waals surface area contributed by atoms with Crippen LogP contribution in [0.2, 0.25) is 0 Å². The van der Waals surface area contributed by atoms with Crippen LogP contribution in [0.15, 0.2) is 72.8 Å². The number of anilines is 2. The van der Waals surface area contributed by atoms with Gasteiger partial charge in [0, 0.05) is 16.8 Å². The molecule has 4 heteroatoms. The zero-order valence-electron chi connectivity index (χ0n) is 31.3. The lowest BCUT2D eigenvalue weighted by atomic mass is 9.59. The van der Waals surface area contributed by atoms with E-state index in [9.17, 15) is 0 Å². The molecule has 4 aromatic rings. The first-order chi connectivity index (χ1) is 24.1. The summed E-state index contributed by atoms with van der Waals surface area (Å²) in [6, 6.07) is 25.0. The lowest BCUT2D eigenvalue weighted by molar-refractivity contribution is 0.140. The number of hydrogen-bond acceptors (Lipinski definition) is 4. The van der Waals surface area contributed by atoms with Crippen LogP contribution in [0, 0.1) is 45.4 Å². The second kappa shape index (κ2) is 16.0. The molecule has 0 unspecified atom stereocenters. The fourth-order valence-electron chi connectivity index (χ4n) is 9.24. The van der Waals surface area contributed by atoms with Crippen LogP contribution in [0.25, 0.3) is 0 Å². The zero-order chi connectivity index (χ0) is 35.3. The van der Waals surface area contributed by atoms with Gasteiger partial charge in [-0.3, -0.25) is 0 Å². The normalized spacial score (nSPS) is 19.3. The van der Waals surface area contributed by atoms with Crippen LogP contribution in [0.4, 0.5) is 11.4 Å². The molecule has 0 heterocycles. The highest BCUT2D eigenvalue weighted by Crippen LogP contribution is 2.52. The van der Waals surface area contributed by atoms with Crippen LogP contribution in [-0.4, -0.2) is 0 Å². The van der Waals surface area contributed by atoms with Crippen molar-refractivity contribution in [1.29, 1.82) is 0 Å². The maximum absolute atomic E-state index is 6.46. The second-order valence-electron chi connectivity index (χ2n) is 15.8. The second-order valence-corrected chi connectivity index (χ2v) is 15.8. The summed E-state index contributed by atoms with van der Waals surface area (Å²) < 4.78 is 12.9. The van der Waals surface area contributed by atoms with E-state index in [-0.39, 0.29) is 5.41 Å². The van der Waals surface area contributed by atoms with Gasteiger partial charge in [-0.2, -0.15) is 0 Å². The minimum Gasteiger partial charge on any atom is -0.457 e. The van der Waals surface area contributed by atoms with Crippen molar-refractivity contribution in [3.05, 3.63) is 106 Å². The van der Waals surface area contributed by atoms with Gasteiger partial charge in [-0.25, -0.2) is 0 Å². The third kappa shape index (κ3) is 8.17. The molecule has 0 saturated heterocycles. The minimum absolute atomic E-state index is 0.0581. The van der Waals surface area contributed by atoms with Gasteiger partial charge in [0.2, 0.25) is 0 Å². The Labute approximate surface area is 302 Å². The van der Waals surface area contributed by atoms with Gasteiger partial charge in [-0.15, -0.1) is 0 Å². The van der Waals surface area contributed by atoms with E-state index in [1.54, 1.807) is 0 Å². The summed E-state index contributed by atoms with van der Waals surface area (Å²) in [4.78, 5) is 0. The highest BCUT2D eigenvalue weighted by atomic mass is 16.5. The van der Waals surface area contributed by atoms with E-state index in [4.69, 9.17) is 20.9 Å². The standard InChI is InChI=1S/C46H60N2O2/c1-6-7-8-9-10-35-11-13-36(14-12-35)37-23-25-46(26-24-37,38-27-31(2)44(32(3)28-38)49-42-19-15-40(47)16-20-42)39-29-33(4)45(34(5)30-39)50-43-21-17-41(48)18-22-43/h15-22,27-30,35-37H,6-14,23-26,47-48H2,1-5H3/t35-,36+. The third-order valence-electron chi connectivity index (χ3n) is 12.1. The van der Waals surface area contributed by atoms with Crippen LogP contribution in [0.3, 0.4) is 0 Å². The lowest BCUT2D eigenvalue weighted by Crippen LogP contribution is -2.36. The van der Waals surface area contributed by atoms with Gasteiger partial charge in [-0.05, 0) is 166 Å². The Morgan fingerprint density at radius 1 is 0.560 bits per heavy atom. The molecule has 6 rings (SSSR count). The van der Waals surface area contributed by atoms with Crippen molar-refractivity contribution in [2.24, 2.45) is 17.8 Å². The van der Waals surface area contributed by atoms with Crippen LogP contribution in [-0.2, 0) is 5.41 Å². The first-order valence-corrected chi connectivity index (χ1v) is 19.5. The van der Waals surface area contributed by atoms with Crippen LogP contribution >= 0.6 is 0 Å². The molecule has 266 valence electrons. The van der Waals surface area contributed by atoms with Crippen LogP contribution in [0.5, 0.6) is 23.0 Å². The quantitative estimate of drug-likeness (QED) is 0.116. The van der Waals surface area contributed by atoms with Crippen molar-refractivity contribution < 1.29 is 9.47 Å². The molecule has 4 aromatic carbocycles. The minimum atomic E-state index is -0.0581. The molecule has 2 fully saturated rings. The maximum atomic E-state index is 6.46. The molecular formula is C46H60N2O2. The average molecular weight is 673 g/mol. The summed E-state index contributed by atoms with van der Waals surface area (Å²) >= 11 is 0. The summed E-state index contributed by atoms with van der Waals surface area (Å²) in [6.45, 7) is 11.1. The molecule has 2 aliphatic carbocycles. The van der Waals surface area contributed by atoms with E-state index in [2.05, 4.69) is 58.9 Å². The molecule has 0 aromatic heterocycles. The van der Waals surface area contributed by atoms with Gasteiger partial charge >= 0.3 is 0 Å². The third-order valence-corrected chi connectivity index (χ3v) is 12.1. The number of unbranched alkanes of at least 4 members (excludes halogenated alkanes) is 3. The molecule has 0 amide bonds. The number of ether oxygens (including phenoxy) is 2. The first-order valence-electron chi connectivity index (χ1n) is 19.5. The SMILES string of the molecule is CCCCCC[C@H]1CC[C@@H](C2CCC(c3cc(C)c(Oc4ccc(N)cc4)c(C)c3)(c3cc(C)c(Oc4ccc(N)cc4)c(C)c3)CC2)CC1. The van der Waals surface area contributed by atoms with E-state index in [0.717, 1.165) is 52.1 Å². The lowest BCUT2D eigenvalue weighted by Gasteiger charge is -2.45. The zero-order valence-corrected chi connectivity index (χ0v) is 31.3. The Bertz CT molecular complexity index is 1560. The largest absolute Gasteiger partial charge is 0.457 e. The number of rotatable bonds is 12. The van der Waals surface area contributed by atoms with Gasteiger partial charge in [0.05, 0.1) is 0 Å². The van der Waals surface area contributed by atoms with Gasteiger partial charge < -0.3 is 20.9 Å². The Balaban J connectivity index is 1.27. The molecule has 4 N–H and O–H groups in total. The number of benzene rings is 4. The van der Waals surface area contributed by atoms with Crippen molar-refractivity contribution in [3.8, 4) is 23.0 Å². The fraction of sp³-hybridized carbons (Fsp3) is 0.478. The molecule has 2 aliphatic rings. The van der Waals surface area contributed by atoms with E-state index >= 15 is 0 Å². The Hall–Kier alpha value is -3.92. The Morgan fingerprint density at radius 2 is 0.980 bits per heavy atom. The average Bonchev–Trinajstić information content (AvgIpc) is 3.11. The highest BCUT2D eigenvalue weighted by molar-refractivity contribution is 5.55. The highest BCUT2D eigenvalue weighted by Gasteiger charge is 2.42. The summed E-state index contributed by atoms with van der Waals surface area (Å²) in [6.07, 6.45) is 17.7. The number of hydrogen-bond donors (Lipinski definition) is 2. The topological polar surface area (TPSA) is 70.5 Å². The van der Waals surface area contributed by atoms with E-state index in [0.29, 0.717) is 0 Å². The van der Waals surface area contributed by atoms with Crippen molar-refractivity contribution in [3.63, 3.8) is 0 Å². The van der Waals surface area contributed by atoms with Crippen LogP contribution in [0.1, 0.15) is 124 Å². The van der Waals surface area contributed by atoms with Gasteiger partial charge in [0.25, 0.3) is 0 Å². The van der Waals surface area contributed by atoms with Crippen molar-refractivity contribution in [2.75, 3.05) is 11.5 Å². The van der Waals surface area contributed by atoms with E-state index < -0.39 is 0 Å². The van der Waals surface area contributed by atoms with Gasteiger partial charge in [-0.1, -0.05) is 76.1 Å². The summed E-state index contributed by atoms with van der Waals surface area (Å²) in [7, 11) is 0. The molecule has 50 heavy (non-hydrogen) atoms. The van der Waals surface area contributed by atoms with E-state index in [1.165, 1.54) is 117 Å². The molecular weight excluding hydrogens is 613 g/mol. The Kier molecular flexibility index (Phi) is 11.5. The molecule has 0 bridgehead atoms. The van der Waals surface area contributed by atoms with Crippen molar-refractivity contribution in [2.45, 2.75) is 124 Å².